The third-order valence-corrected chi connectivity index (χ3v) is 4.43. The van der Waals surface area contributed by atoms with E-state index in [4.69, 9.17) is 4.74 Å². The summed E-state index contributed by atoms with van der Waals surface area (Å²) in [6.45, 7) is 3.26. The van der Waals surface area contributed by atoms with Crippen molar-refractivity contribution in [2.75, 3.05) is 26.7 Å². The van der Waals surface area contributed by atoms with Crippen molar-refractivity contribution < 1.29 is 14.3 Å². The number of hydrogen-bond acceptors (Lipinski definition) is 4. The summed E-state index contributed by atoms with van der Waals surface area (Å²) in [5.74, 6) is 1.90. The van der Waals surface area contributed by atoms with Crippen LogP contribution in [0.4, 0.5) is 4.79 Å². The van der Waals surface area contributed by atoms with Crippen molar-refractivity contribution in [2.24, 2.45) is 4.99 Å². The first-order valence-corrected chi connectivity index (χ1v) is 9.42. The molecule has 0 saturated carbocycles. The molecule has 2 aromatic rings. The number of guanidine groups is 1. The molecular weight excluding hydrogens is 497 g/mol. The fourth-order valence-corrected chi connectivity index (χ4v) is 2.89. The van der Waals surface area contributed by atoms with Gasteiger partial charge in [0.15, 0.2) is 5.96 Å². The molecule has 3 N–H and O–H groups in total. The standard InChI is InChI=1S/C21H25N5O3.HI/c1-15-8-9-16(18(12-15)29-17-6-4-3-5-7-17)13-24-20(22-2)23-10-11-26-19(27)14-25-21(26)28;/h3-9,12H,10-11,13-14H2,1-2H3,(H,25,28)(H2,22,23,24);1H. The molecule has 1 aliphatic heterocycles. The highest BCUT2D eigenvalue weighted by Gasteiger charge is 2.27. The van der Waals surface area contributed by atoms with Gasteiger partial charge in [0.1, 0.15) is 11.5 Å². The molecule has 8 nitrogen and oxygen atoms in total. The molecule has 3 amide bonds. The Labute approximate surface area is 193 Å². The van der Waals surface area contributed by atoms with Gasteiger partial charge in [-0.25, -0.2) is 4.79 Å². The lowest BCUT2D eigenvalue weighted by molar-refractivity contribution is -0.124. The van der Waals surface area contributed by atoms with E-state index in [0.717, 1.165) is 22.6 Å². The second-order valence-corrected chi connectivity index (χ2v) is 6.58. The number of amides is 3. The highest BCUT2D eigenvalue weighted by atomic mass is 127. The number of nitrogens with one attached hydrogen (secondary N) is 3. The molecule has 0 bridgehead atoms. The largest absolute Gasteiger partial charge is 0.457 e. The van der Waals surface area contributed by atoms with Crippen LogP contribution in [-0.2, 0) is 11.3 Å². The number of carbonyl (C=O) groups is 2. The fraction of sp³-hybridized carbons (Fsp3) is 0.286. The van der Waals surface area contributed by atoms with Crippen molar-refractivity contribution in [3.63, 3.8) is 0 Å². The summed E-state index contributed by atoms with van der Waals surface area (Å²) in [6.07, 6.45) is 0. The molecule has 0 atom stereocenters. The van der Waals surface area contributed by atoms with Crippen LogP contribution >= 0.6 is 24.0 Å². The van der Waals surface area contributed by atoms with Gasteiger partial charge in [0.05, 0.1) is 6.54 Å². The number of imide groups is 1. The Balaban J connectivity index is 0.00000320. The smallest absolute Gasteiger partial charge is 0.324 e. The lowest BCUT2D eigenvalue weighted by Crippen LogP contribution is -2.43. The molecule has 160 valence electrons. The molecule has 1 heterocycles. The first-order chi connectivity index (χ1) is 14.1. The maximum atomic E-state index is 11.6. The van der Waals surface area contributed by atoms with Crippen LogP contribution in [-0.4, -0.2) is 49.5 Å². The molecule has 3 rings (SSSR count). The minimum atomic E-state index is -0.359. The Hall–Kier alpha value is -2.82. The topological polar surface area (TPSA) is 95.1 Å². The quantitative estimate of drug-likeness (QED) is 0.225. The van der Waals surface area contributed by atoms with Gasteiger partial charge in [0.2, 0.25) is 5.91 Å². The number of para-hydroxylation sites is 1. The summed E-state index contributed by atoms with van der Waals surface area (Å²) in [5, 5.41) is 8.85. The van der Waals surface area contributed by atoms with Crippen LogP contribution in [0, 0.1) is 6.92 Å². The molecule has 0 aromatic heterocycles. The molecule has 0 spiro atoms. The van der Waals surface area contributed by atoms with Crippen molar-refractivity contribution >= 4 is 41.9 Å². The van der Waals surface area contributed by atoms with Crippen LogP contribution in [0.15, 0.2) is 53.5 Å². The summed E-state index contributed by atoms with van der Waals surface area (Å²) in [5.41, 5.74) is 2.09. The van der Waals surface area contributed by atoms with Gasteiger partial charge >= 0.3 is 6.03 Å². The third kappa shape index (κ3) is 6.34. The molecule has 1 saturated heterocycles. The van der Waals surface area contributed by atoms with Gasteiger partial charge in [-0.1, -0.05) is 30.3 Å². The Morgan fingerprint density at radius 3 is 2.60 bits per heavy atom. The molecule has 0 radical (unpaired) electrons. The summed E-state index contributed by atoms with van der Waals surface area (Å²) in [7, 11) is 1.67. The molecule has 2 aromatic carbocycles. The normalized spacial score (nSPS) is 13.5. The third-order valence-electron chi connectivity index (χ3n) is 4.43. The fourth-order valence-electron chi connectivity index (χ4n) is 2.89. The Bertz CT molecular complexity index is 889. The van der Waals surface area contributed by atoms with Gasteiger partial charge in [-0.2, -0.15) is 0 Å². The van der Waals surface area contributed by atoms with Crippen molar-refractivity contribution in [2.45, 2.75) is 13.5 Å². The van der Waals surface area contributed by atoms with E-state index in [0.29, 0.717) is 19.0 Å². The number of hydrogen-bond donors (Lipinski definition) is 3. The number of halogens is 1. The molecule has 0 aliphatic carbocycles. The van der Waals surface area contributed by atoms with E-state index >= 15 is 0 Å². The van der Waals surface area contributed by atoms with Crippen LogP contribution in [0.1, 0.15) is 11.1 Å². The van der Waals surface area contributed by atoms with Crippen molar-refractivity contribution in [3.05, 3.63) is 59.7 Å². The highest BCUT2D eigenvalue weighted by Crippen LogP contribution is 2.26. The van der Waals surface area contributed by atoms with E-state index in [9.17, 15) is 9.59 Å². The van der Waals surface area contributed by atoms with E-state index in [1.807, 2.05) is 55.5 Å². The minimum Gasteiger partial charge on any atom is -0.457 e. The number of carbonyl (C=O) groups excluding carboxylic acids is 2. The molecule has 1 aliphatic rings. The summed E-state index contributed by atoms with van der Waals surface area (Å²) in [4.78, 5) is 28.5. The minimum absolute atomic E-state index is 0. The Morgan fingerprint density at radius 2 is 1.93 bits per heavy atom. The predicted molar refractivity (Wildman–Crippen MR) is 126 cm³/mol. The van der Waals surface area contributed by atoms with Crippen LogP contribution in [0.25, 0.3) is 0 Å². The van der Waals surface area contributed by atoms with E-state index in [1.54, 1.807) is 7.05 Å². The number of urea groups is 1. The van der Waals surface area contributed by atoms with Crippen LogP contribution in [0.5, 0.6) is 11.5 Å². The zero-order chi connectivity index (χ0) is 20.6. The maximum absolute atomic E-state index is 11.6. The van der Waals surface area contributed by atoms with Gasteiger partial charge in [-0.15, -0.1) is 24.0 Å². The lowest BCUT2D eigenvalue weighted by Gasteiger charge is -2.17. The summed E-state index contributed by atoms with van der Waals surface area (Å²) in [6, 6.07) is 15.3. The molecule has 30 heavy (non-hydrogen) atoms. The van der Waals surface area contributed by atoms with E-state index in [1.165, 1.54) is 4.90 Å². The van der Waals surface area contributed by atoms with Gasteiger partial charge < -0.3 is 20.7 Å². The number of benzene rings is 2. The average Bonchev–Trinajstić information content (AvgIpc) is 3.04. The first-order valence-electron chi connectivity index (χ1n) is 9.42. The van der Waals surface area contributed by atoms with Gasteiger partial charge in [0, 0.05) is 32.2 Å². The second kappa shape index (κ2) is 11.4. The van der Waals surface area contributed by atoms with Gasteiger partial charge in [0.25, 0.3) is 0 Å². The molecular formula is C21H26IN5O3. The second-order valence-electron chi connectivity index (χ2n) is 6.58. The van der Waals surface area contributed by atoms with Crippen LogP contribution < -0.4 is 20.7 Å². The average molecular weight is 523 g/mol. The zero-order valence-electron chi connectivity index (χ0n) is 17.0. The molecule has 1 fully saturated rings. The summed E-state index contributed by atoms with van der Waals surface area (Å²) < 4.78 is 6.04. The lowest BCUT2D eigenvalue weighted by atomic mass is 10.1. The summed E-state index contributed by atoms with van der Waals surface area (Å²) >= 11 is 0. The number of ether oxygens (including phenoxy) is 1. The SMILES string of the molecule is CN=C(NCCN1C(=O)CNC1=O)NCc1ccc(C)cc1Oc1ccccc1.I. The maximum Gasteiger partial charge on any atom is 0.324 e. The van der Waals surface area contributed by atoms with E-state index in [2.05, 4.69) is 20.9 Å². The number of nitrogens with zero attached hydrogens (tertiary/aromatic N) is 2. The predicted octanol–water partition coefficient (Wildman–Crippen LogP) is 2.62. The number of aliphatic imine (C=N–C) groups is 1. The van der Waals surface area contributed by atoms with Crippen LogP contribution in [0.2, 0.25) is 0 Å². The number of aryl methyl sites for hydroxylation is 1. The zero-order valence-corrected chi connectivity index (χ0v) is 19.3. The Kier molecular flexibility index (Phi) is 8.90. The van der Waals surface area contributed by atoms with E-state index < -0.39 is 0 Å². The van der Waals surface area contributed by atoms with Gasteiger partial charge in [-0.3, -0.25) is 14.7 Å². The van der Waals surface area contributed by atoms with Crippen LogP contribution in [0.3, 0.4) is 0 Å². The molecule has 9 heteroatoms. The monoisotopic (exact) mass is 523 g/mol. The van der Waals surface area contributed by atoms with Crippen molar-refractivity contribution in [3.8, 4) is 11.5 Å². The number of rotatable bonds is 7. The van der Waals surface area contributed by atoms with Crippen molar-refractivity contribution in [1.82, 2.24) is 20.9 Å². The van der Waals surface area contributed by atoms with Gasteiger partial charge in [-0.05, 0) is 30.7 Å². The Morgan fingerprint density at radius 1 is 1.17 bits per heavy atom. The highest BCUT2D eigenvalue weighted by molar-refractivity contribution is 14.0. The first kappa shape index (κ1) is 23.5. The van der Waals surface area contributed by atoms with Crippen molar-refractivity contribution in [1.29, 1.82) is 0 Å². The van der Waals surface area contributed by atoms with E-state index in [-0.39, 0.29) is 49.0 Å². The molecule has 0 unspecified atom stereocenters.